The minimum Gasteiger partial charge on any atom is -0.336 e. The van der Waals surface area contributed by atoms with Crippen LogP contribution in [0.3, 0.4) is 0 Å². The van der Waals surface area contributed by atoms with E-state index in [4.69, 9.17) is 0 Å². The van der Waals surface area contributed by atoms with Gasteiger partial charge in [0.15, 0.2) is 0 Å². The van der Waals surface area contributed by atoms with Gasteiger partial charge in [0.2, 0.25) is 5.91 Å². The van der Waals surface area contributed by atoms with E-state index < -0.39 is 0 Å². The first kappa shape index (κ1) is 18.7. The second-order valence-corrected chi connectivity index (χ2v) is 9.24. The summed E-state index contributed by atoms with van der Waals surface area (Å²) in [5.41, 5.74) is 2.59. The standard InChI is InChI=1S/C21H29N3O2S/c1-14-7-2-3-8-15(14)17-9-6-12-24(17)19(25)11-5-4-10-18-20-16(13-27-18)22-21(26)23-20/h2-3,7-8,16-18,20H,4-6,9-13H2,1H3,(H2,22,23,26)/t16-,17+,18-,20-/m0/s1. The Kier molecular flexibility index (Phi) is 5.62. The fraction of sp³-hybridized carbons (Fsp3) is 0.619. The van der Waals surface area contributed by atoms with Crippen molar-refractivity contribution >= 4 is 23.7 Å². The largest absolute Gasteiger partial charge is 0.336 e. The number of benzene rings is 1. The van der Waals surface area contributed by atoms with Crippen molar-refractivity contribution in [3.63, 3.8) is 0 Å². The summed E-state index contributed by atoms with van der Waals surface area (Å²) in [5, 5.41) is 6.51. The smallest absolute Gasteiger partial charge is 0.315 e. The van der Waals surface area contributed by atoms with Crippen LogP contribution < -0.4 is 10.6 Å². The van der Waals surface area contributed by atoms with E-state index in [1.165, 1.54) is 11.1 Å². The molecule has 3 amide bonds. The molecule has 3 saturated heterocycles. The van der Waals surface area contributed by atoms with Gasteiger partial charge >= 0.3 is 6.03 Å². The van der Waals surface area contributed by atoms with Crippen LogP contribution in [0.5, 0.6) is 0 Å². The molecule has 3 heterocycles. The Morgan fingerprint density at radius 3 is 2.96 bits per heavy atom. The molecule has 1 aromatic rings. The highest BCUT2D eigenvalue weighted by molar-refractivity contribution is 8.00. The molecule has 5 nitrogen and oxygen atoms in total. The minimum absolute atomic E-state index is 0.0261. The van der Waals surface area contributed by atoms with Gasteiger partial charge in [-0.25, -0.2) is 4.79 Å². The van der Waals surface area contributed by atoms with E-state index in [-0.39, 0.29) is 24.2 Å². The molecule has 3 aliphatic rings. The molecule has 4 atom stereocenters. The van der Waals surface area contributed by atoms with Crippen LogP contribution in [-0.2, 0) is 4.79 Å². The summed E-state index contributed by atoms with van der Waals surface area (Å²) in [6.45, 7) is 3.03. The molecule has 3 aliphatic heterocycles. The number of nitrogens with one attached hydrogen (secondary N) is 2. The van der Waals surface area contributed by atoms with Gasteiger partial charge in [0, 0.05) is 24.0 Å². The summed E-state index contributed by atoms with van der Waals surface area (Å²) >= 11 is 1.95. The van der Waals surface area contributed by atoms with E-state index >= 15 is 0 Å². The molecule has 0 saturated carbocycles. The Morgan fingerprint density at radius 2 is 2.11 bits per heavy atom. The number of amides is 3. The first-order chi connectivity index (χ1) is 13.1. The summed E-state index contributed by atoms with van der Waals surface area (Å²) < 4.78 is 0. The van der Waals surface area contributed by atoms with Gasteiger partial charge in [-0.2, -0.15) is 11.8 Å². The summed E-state index contributed by atoms with van der Waals surface area (Å²) in [5.74, 6) is 1.30. The van der Waals surface area contributed by atoms with Crippen molar-refractivity contribution in [2.75, 3.05) is 12.3 Å². The summed E-state index contributed by atoms with van der Waals surface area (Å²) in [6.07, 6.45) is 5.86. The predicted molar refractivity (Wildman–Crippen MR) is 109 cm³/mol. The molecule has 0 bridgehead atoms. The van der Waals surface area contributed by atoms with Crippen molar-refractivity contribution in [2.24, 2.45) is 0 Å². The number of carbonyl (C=O) groups is 2. The zero-order chi connectivity index (χ0) is 18.8. The van der Waals surface area contributed by atoms with Gasteiger partial charge in [0.25, 0.3) is 0 Å². The molecule has 3 fully saturated rings. The van der Waals surface area contributed by atoms with Gasteiger partial charge in [-0.3, -0.25) is 4.79 Å². The van der Waals surface area contributed by atoms with E-state index in [2.05, 4.69) is 46.7 Å². The van der Waals surface area contributed by atoms with E-state index in [0.717, 1.165) is 44.4 Å². The zero-order valence-electron chi connectivity index (χ0n) is 15.9. The van der Waals surface area contributed by atoms with Gasteiger partial charge in [-0.15, -0.1) is 0 Å². The number of thioether (sulfide) groups is 1. The fourth-order valence-corrected chi connectivity index (χ4v) is 6.30. The number of aryl methyl sites for hydroxylation is 1. The topological polar surface area (TPSA) is 61.4 Å². The Bertz CT molecular complexity index is 710. The lowest BCUT2D eigenvalue weighted by molar-refractivity contribution is -0.132. The second kappa shape index (κ2) is 8.13. The van der Waals surface area contributed by atoms with Gasteiger partial charge in [0.1, 0.15) is 0 Å². The Labute approximate surface area is 165 Å². The lowest BCUT2D eigenvalue weighted by Gasteiger charge is -2.26. The maximum atomic E-state index is 12.8. The molecular weight excluding hydrogens is 358 g/mol. The number of likely N-dealkylation sites (tertiary alicyclic amines) is 1. The first-order valence-electron chi connectivity index (χ1n) is 10.2. The van der Waals surface area contributed by atoms with Gasteiger partial charge < -0.3 is 15.5 Å². The Hall–Kier alpha value is -1.69. The Balaban J connectivity index is 1.25. The van der Waals surface area contributed by atoms with Crippen LogP contribution in [0, 0.1) is 6.92 Å². The third kappa shape index (κ3) is 3.96. The highest BCUT2D eigenvalue weighted by atomic mass is 32.2. The van der Waals surface area contributed by atoms with Gasteiger partial charge in [0.05, 0.1) is 18.1 Å². The summed E-state index contributed by atoms with van der Waals surface area (Å²) in [4.78, 5) is 26.4. The second-order valence-electron chi connectivity index (χ2n) is 7.97. The number of urea groups is 1. The van der Waals surface area contributed by atoms with Crippen LogP contribution >= 0.6 is 11.8 Å². The molecule has 0 aliphatic carbocycles. The van der Waals surface area contributed by atoms with Gasteiger partial charge in [-0.05, 0) is 43.7 Å². The third-order valence-electron chi connectivity index (χ3n) is 6.19. The number of nitrogens with zero attached hydrogens (tertiary/aromatic N) is 1. The van der Waals surface area contributed by atoms with Crippen molar-refractivity contribution in [2.45, 2.75) is 68.8 Å². The number of hydrogen-bond acceptors (Lipinski definition) is 3. The number of rotatable bonds is 6. The van der Waals surface area contributed by atoms with Crippen LogP contribution in [0.15, 0.2) is 24.3 Å². The average Bonchev–Trinajstić information content (AvgIpc) is 3.35. The average molecular weight is 388 g/mol. The van der Waals surface area contributed by atoms with E-state index in [0.29, 0.717) is 17.6 Å². The van der Waals surface area contributed by atoms with Crippen LogP contribution in [-0.4, -0.2) is 46.5 Å². The van der Waals surface area contributed by atoms with E-state index in [1.54, 1.807) is 0 Å². The fourth-order valence-electron chi connectivity index (χ4n) is 4.76. The maximum Gasteiger partial charge on any atom is 0.315 e. The van der Waals surface area contributed by atoms with Gasteiger partial charge in [-0.1, -0.05) is 30.7 Å². The van der Waals surface area contributed by atoms with E-state index in [9.17, 15) is 9.59 Å². The quantitative estimate of drug-likeness (QED) is 0.581. The first-order valence-corrected chi connectivity index (χ1v) is 11.2. The van der Waals surface area contributed by atoms with Crippen molar-refractivity contribution in [3.05, 3.63) is 35.4 Å². The van der Waals surface area contributed by atoms with Crippen LogP contribution in [0.2, 0.25) is 0 Å². The number of fused-ring (bicyclic) bond motifs is 1. The van der Waals surface area contributed by atoms with Crippen LogP contribution in [0.25, 0.3) is 0 Å². The number of unbranched alkanes of at least 4 members (excludes halogenated alkanes) is 1. The van der Waals surface area contributed by atoms with Crippen molar-refractivity contribution in [3.8, 4) is 0 Å². The predicted octanol–water partition coefficient (Wildman–Crippen LogP) is 3.38. The van der Waals surface area contributed by atoms with Crippen molar-refractivity contribution in [1.29, 1.82) is 0 Å². The van der Waals surface area contributed by atoms with Crippen LogP contribution in [0.1, 0.15) is 55.7 Å². The highest BCUT2D eigenvalue weighted by Gasteiger charge is 2.42. The number of hydrogen-bond donors (Lipinski definition) is 2. The molecule has 27 heavy (non-hydrogen) atoms. The molecular formula is C21H29N3O2S. The summed E-state index contributed by atoms with van der Waals surface area (Å²) in [6, 6.07) is 9.23. The lowest BCUT2D eigenvalue weighted by Crippen LogP contribution is -2.36. The normalized spacial score (nSPS) is 29.5. The SMILES string of the molecule is Cc1ccccc1[C@H]1CCCN1C(=O)CCCC[C@@H]1SC[C@@H]2NC(=O)N[C@@H]21. The van der Waals surface area contributed by atoms with E-state index in [1.807, 2.05) is 11.8 Å². The third-order valence-corrected chi connectivity index (χ3v) is 7.70. The van der Waals surface area contributed by atoms with Crippen molar-refractivity contribution in [1.82, 2.24) is 15.5 Å². The molecule has 0 unspecified atom stereocenters. The van der Waals surface area contributed by atoms with Crippen LogP contribution in [0.4, 0.5) is 4.79 Å². The minimum atomic E-state index is -0.0261. The molecule has 0 radical (unpaired) electrons. The summed E-state index contributed by atoms with van der Waals surface area (Å²) in [7, 11) is 0. The number of carbonyl (C=O) groups excluding carboxylic acids is 2. The maximum absolute atomic E-state index is 12.8. The molecule has 0 aromatic heterocycles. The molecule has 6 heteroatoms. The Morgan fingerprint density at radius 1 is 1.26 bits per heavy atom. The molecule has 1 aromatic carbocycles. The molecule has 0 spiro atoms. The highest BCUT2D eigenvalue weighted by Crippen LogP contribution is 2.35. The molecule has 2 N–H and O–H groups in total. The molecule has 146 valence electrons. The molecule has 4 rings (SSSR count). The monoisotopic (exact) mass is 387 g/mol. The zero-order valence-corrected chi connectivity index (χ0v) is 16.8. The van der Waals surface area contributed by atoms with Crippen molar-refractivity contribution < 1.29 is 9.59 Å². The lowest BCUT2D eigenvalue weighted by atomic mass is 9.99.